The van der Waals surface area contributed by atoms with Crippen LogP contribution in [0.25, 0.3) is 22.4 Å². The quantitative estimate of drug-likeness (QED) is 0.551. The lowest BCUT2D eigenvalue weighted by Crippen LogP contribution is -2.41. The molecule has 1 amide bonds. The molecule has 0 aliphatic carbocycles. The minimum absolute atomic E-state index is 0.102. The summed E-state index contributed by atoms with van der Waals surface area (Å²) in [5, 5.41) is 12.7. The van der Waals surface area contributed by atoms with E-state index in [0.29, 0.717) is 35.3 Å². The zero-order valence-corrected chi connectivity index (χ0v) is 15.9. The first kappa shape index (κ1) is 19.1. The summed E-state index contributed by atoms with van der Waals surface area (Å²) in [6.45, 7) is 4.66. The molecular formula is C21H22N4O4. The summed E-state index contributed by atoms with van der Waals surface area (Å²) in [7, 11) is 0. The number of nitrogens with zero attached hydrogens (tertiary/aromatic N) is 2. The van der Waals surface area contributed by atoms with Crippen LogP contribution in [0.5, 0.6) is 5.75 Å². The Morgan fingerprint density at radius 1 is 1.21 bits per heavy atom. The Morgan fingerprint density at radius 2 is 1.97 bits per heavy atom. The van der Waals surface area contributed by atoms with Crippen LogP contribution in [0, 0.1) is 0 Å². The van der Waals surface area contributed by atoms with E-state index >= 15 is 0 Å². The van der Waals surface area contributed by atoms with Gasteiger partial charge in [0, 0.05) is 37.3 Å². The molecule has 1 aromatic heterocycles. The molecule has 8 heteroatoms. The number of morpholine rings is 1. The summed E-state index contributed by atoms with van der Waals surface area (Å²) in [5.74, 6) is 0.338. The zero-order chi connectivity index (χ0) is 20.2. The highest BCUT2D eigenvalue weighted by Crippen LogP contribution is 2.27. The van der Waals surface area contributed by atoms with Gasteiger partial charge in [-0.25, -0.2) is 4.98 Å². The summed E-state index contributed by atoms with van der Waals surface area (Å²) >= 11 is 0. The van der Waals surface area contributed by atoms with Gasteiger partial charge in [0.25, 0.3) is 5.91 Å². The van der Waals surface area contributed by atoms with Crippen molar-refractivity contribution in [2.45, 2.75) is 0 Å². The number of aromatic nitrogens is 2. The SMILES string of the molecule is O=Cc1c(O)ccc2[nH]c(-c3ccc(C(=O)NCCN4CCOCC4)cc3)nc12. The third-order valence-electron chi connectivity index (χ3n) is 5.03. The van der Waals surface area contributed by atoms with Gasteiger partial charge in [0.05, 0.1) is 24.3 Å². The smallest absolute Gasteiger partial charge is 0.251 e. The molecule has 4 rings (SSSR count). The number of phenols is 1. The Labute approximate surface area is 167 Å². The van der Waals surface area contributed by atoms with Gasteiger partial charge in [0.15, 0.2) is 6.29 Å². The Kier molecular flexibility index (Phi) is 5.55. The van der Waals surface area contributed by atoms with Crippen molar-refractivity contribution in [2.24, 2.45) is 0 Å². The van der Waals surface area contributed by atoms with Crippen molar-refractivity contribution in [3.8, 4) is 17.1 Å². The second-order valence-electron chi connectivity index (χ2n) is 6.89. The number of carbonyl (C=O) groups excluding carboxylic acids is 2. The Bertz CT molecular complexity index is 1020. The van der Waals surface area contributed by atoms with E-state index in [9.17, 15) is 14.7 Å². The van der Waals surface area contributed by atoms with Gasteiger partial charge >= 0.3 is 0 Å². The molecule has 1 fully saturated rings. The van der Waals surface area contributed by atoms with Crippen molar-refractivity contribution in [1.82, 2.24) is 20.2 Å². The van der Waals surface area contributed by atoms with Crippen molar-refractivity contribution < 1.29 is 19.4 Å². The van der Waals surface area contributed by atoms with Crippen LogP contribution >= 0.6 is 0 Å². The summed E-state index contributed by atoms with van der Waals surface area (Å²) in [5.41, 5.74) is 2.58. The monoisotopic (exact) mass is 394 g/mol. The number of aldehydes is 1. The summed E-state index contributed by atoms with van der Waals surface area (Å²) < 4.78 is 5.32. The molecule has 0 saturated carbocycles. The van der Waals surface area contributed by atoms with Gasteiger partial charge in [-0.2, -0.15) is 0 Å². The molecule has 0 atom stereocenters. The second-order valence-corrected chi connectivity index (χ2v) is 6.89. The molecule has 2 aromatic carbocycles. The maximum atomic E-state index is 12.4. The number of imidazole rings is 1. The van der Waals surface area contributed by atoms with Crippen LogP contribution in [0.15, 0.2) is 36.4 Å². The lowest BCUT2D eigenvalue weighted by molar-refractivity contribution is 0.0383. The molecule has 1 aliphatic rings. The van der Waals surface area contributed by atoms with Crippen LogP contribution in [0.1, 0.15) is 20.7 Å². The van der Waals surface area contributed by atoms with Gasteiger partial charge in [-0.1, -0.05) is 12.1 Å². The maximum absolute atomic E-state index is 12.4. The molecular weight excluding hydrogens is 372 g/mol. The van der Waals surface area contributed by atoms with Crippen molar-refractivity contribution in [2.75, 3.05) is 39.4 Å². The number of amides is 1. The fraction of sp³-hybridized carbons (Fsp3) is 0.286. The first-order valence-electron chi connectivity index (χ1n) is 9.51. The normalized spacial score (nSPS) is 14.8. The van der Waals surface area contributed by atoms with Crippen LogP contribution in [-0.2, 0) is 4.74 Å². The Morgan fingerprint density at radius 3 is 2.69 bits per heavy atom. The van der Waals surface area contributed by atoms with Crippen LogP contribution in [-0.4, -0.2) is 71.6 Å². The molecule has 0 spiro atoms. The number of ether oxygens (including phenoxy) is 1. The highest BCUT2D eigenvalue weighted by molar-refractivity contribution is 5.98. The van der Waals surface area contributed by atoms with Gasteiger partial charge in [-0.15, -0.1) is 0 Å². The minimum Gasteiger partial charge on any atom is -0.507 e. The number of H-pyrrole nitrogens is 1. The van der Waals surface area contributed by atoms with E-state index in [2.05, 4.69) is 20.2 Å². The van der Waals surface area contributed by atoms with Crippen LogP contribution < -0.4 is 5.32 Å². The fourth-order valence-electron chi connectivity index (χ4n) is 3.37. The van der Waals surface area contributed by atoms with Gasteiger partial charge < -0.3 is 20.1 Å². The minimum atomic E-state index is -0.123. The zero-order valence-electron chi connectivity index (χ0n) is 15.9. The molecule has 0 radical (unpaired) electrons. The molecule has 3 N–H and O–H groups in total. The Balaban J connectivity index is 1.43. The molecule has 1 aliphatic heterocycles. The van der Waals surface area contributed by atoms with E-state index in [1.807, 2.05) is 0 Å². The largest absolute Gasteiger partial charge is 0.507 e. The van der Waals surface area contributed by atoms with Crippen molar-refractivity contribution in [1.29, 1.82) is 0 Å². The van der Waals surface area contributed by atoms with Crippen molar-refractivity contribution >= 4 is 23.2 Å². The molecule has 0 unspecified atom stereocenters. The number of hydrogen-bond donors (Lipinski definition) is 3. The maximum Gasteiger partial charge on any atom is 0.251 e. The van der Waals surface area contributed by atoms with Crippen LogP contribution in [0.3, 0.4) is 0 Å². The third kappa shape index (κ3) is 4.13. The lowest BCUT2D eigenvalue weighted by atomic mass is 10.1. The first-order valence-corrected chi connectivity index (χ1v) is 9.51. The molecule has 150 valence electrons. The van der Waals surface area contributed by atoms with Crippen molar-refractivity contribution in [3.63, 3.8) is 0 Å². The molecule has 0 bridgehead atoms. The molecule has 8 nitrogen and oxygen atoms in total. The number of aromatic amines is 1. The predicted molar refractivity (Wildman–Crippen MR) is 108 cm³/mol. The van der Waals surface area contributed by atoms with Crippen molar-refractivity contribution in [3.05, 3.63) is 47.5 Å². The number of carbonyl (C=O) groups is 2. The number of aromatic hydroxyl groups is 1. The average Bonchev–Trinajstić information content (AvgIpc) is 3.19. The predicted octanol–water partition coefficient (Wildman–Crippen LogP) is 1.81. The second kappa shape index (κ2) is 8.42. The van der Waals surface area contributed by atoms with E-state index in [1.165, 1.54) is 6.07 Å². The van der Waals surface area contributed by atoms with Crippen LogP contribution in [0.2, 0.25) is 0 Å². The topological polar surface area (TPSA) is 108 Å². The fourth-order valence-corrected chi connectivity index (χ4v) is 3.37. The number of fused-ring (bicyclic) bond motifs is 1. The lowest BCUT2D eigenvalue weighted by Gasteiger charge is -2.26. The van der Waals surface area contributed by atoms with Gasteiger partial charge in [0.2, 0.25) is 0 Å². The number of benzene rings is 2. The van der Waals surface area contributed by atoms with Gasteiger partial charge in [0.1, 0.15) is 17.1 Å². The van der Waals surface area contributed by atoms with E-state index in [1.54, 1.807) is 30.3 Å². The summed E-state index contributed by atoms with van der Waals surface area (Å²) in [6.07, 6.45) is 0.590. The summed E-state index contributed by atoms with van der Waals surface area (Å²) in [4.78, 5) is 33.4. The average molecular weight is 394 g/mol. The Hall–Kier alpha value is -3.23. The number of rotatable bonds is 6. The van der Waals surface area contributed by atoms with Gasteiger partial charge in [-0.05, 0) is 24.3 Å². The highest BCUT2D eigenvalue weighted by Gasteiger charge is 2.14. The van der Waals surface area contributed by atoms with E-state index in [0.717, 1.165) is 38.4 Å². The first-order chi connectivity index (χ1) is 14.2. The molecule has 29 heavy (non-hydrogen) atoms. The van der Waals surface area contributed by atoms with E-state index in [4.69, 9.17) is 4.74 Å². The number of phenolic OH excluding ortho intramolecular Hbond substituents is 1. The third-order valence-corrected chi connectivity index (χ3v) is 5.03. The standard InChI is InChI=1S/C21H22N4O4/c26-13-16-18(27)6-5-17-19(16)24-20(23-17)14-1-3-15(4-2-14)21(28)22-7-8-25-9-11-29-12-10-25/h1-6,13,27H,7-12H2,(H,22,28)(H,23,24). The van der Waals surface area contributed by atoms with Gasteiger partial charge in [-0.3, -0.25) is 14.5 Å². The van der Waals surface area contributed by atoms with E-state index in [-0.39, 0.29) is 17.2 Å². The number of nitrogens with one attached hydrogen (secondary N) is 2. The highest BCUT2D eigenvalue weighted by atomic mass is 16.5. The van der Waals surface area contributed by atoms with Crippen LogP contribution in [0.4, 0.5) is 0 Å². The number of hydrogen-bond acceptors (Lipinski definition) is 6. The van der Waals surface area contributed by atoms with E-state index < -0.39 is 0 Å². The molecule has 2 heterocycles. The molecule has 1 saturated heterocycles. The summed E-state index contributed by atoms with van der Waals surface area (Å²) in [6, 6.07) is 10.2. The molecule has 3 aromatic rings.